The minimum absolute atomic E-state index is 0.0628. The second-order valence-corrected chi connectivity index (χ2v) is 6.83. The van der Waals surface area contributed by atoms with Gasteiger partial charge in [0.25, 0.3) is 0 Å². The van der Waals surface area contributed by atoms with Crippen LogP contribution in [-0.4, -0.2) is 22.5 Å². The molecular formula is C20H19N2O3-. The zero-order valence-electron chi connectivity index (χ0n) is 14.5. The number of carbonyl (C=O) groups excluding carboxylic acids is 1. The van der Waals surface area contributed by atoms with Crippen molar-refractivity contribution in [3.63, 3.8) is 0 Å². The molecule has 5 heteroatoms. The third-order valence-corrected chi connectivity index (χ3v) is 4.39. The lowest BCUT2D eigenvalue weighted by Crippen LogP contribution is -2.26. The van der Waals surface area contributed by atoms with Crippen LogP contribution in [0.15, 0.2) is 24.5 Å². The summed E-state index contributed by atoms with van der Waals surface area (Å²) in [6.45, 7) is 7.17. The highest BCUT2D eigenvalue weighted by Gasteiger charge is 2.29. The number of nitrogens with zero attached hydrogens (tertiary/aromatic N) is 2. The van der Waals surface area contributed by atoms with E-state index in [1.54, 1.807) is 0 Å². The van der Waals surface area contributed by atoms with Crippen LogP contribution < -0.4 is 9.84 Å². The molecule has 0 fully saturated rings. The molecule has 0 amide bonds. The third-order valence-electron chi connectivity index (χ3n) is 4.39. The average Bonchev–Trinajstić information content (AvgIpc) is 2.54. The first kappa shape index (κ1) is 17.0. The lowest BCUT2D eigenvalue weighted by Gasteiger charge is -2.33. The van der Waals surface area contributed by atoms with E-state index in [1.165, 1.54) is 18.0 Å². The van der Waals surface area contributed by atoms with Gasteiger partial charge < -0.3 is 14.6 Å². The van der Waals surface area contributed by atoms with Crippen LogP contribution in [0.25, 0.3) is 0 Å². The summed E-state index contributed by atoms with van der Waals surface area (Å²) in [7, 11) is 0. The van der Waals surface area contributed by atoms with Crippen molar-refractivity contribution in [1.82, 2.24) is 9.97 Å². The molecular weight excluding hydrogens is 316 g/mol. The summed E-state index contributed by atoms with van der Waals surface area (Å²) in [5, 5.41) is 10.5. The van der Waals surface area contributed by atoms with Crippen LogP contribution in [0.5, 0.6) is 5.75 Å². The van der Waals surface area contributed by atoms with Gasteiger partial charge in [-0.3, -0.25) is 0 Å². The van der Waals surface area contributed by atoms with Gasteiger partial charge in [-0.05, 0) is 36.5 Å². The maximum Gasteiger partial charge on any atom is 0.133 e. The van der Waals surface area contributed by atoms with Gasteiger partial charge in [0.15, 0.2) is 0 Å². The minimum Gasteiger partial charge on any atom is -0.550 e. The molecule has 25 heavy (non-hydrogen) atoms. The molecule has 128 valence electrons. The van der Waals surface area contributed by atoms with Crippen LogP contribution in [0.1, 0.15) is 48.3 Å². The van der Waals surface area contributed by atoms with Gasteiger partial charge in [0.05, 0.1) is 12.2 Å². The molecule has 0 spiro atoms. The SMILES string of the molecule is Cc1cc2c(cc1C#Cc1cnc(CC(=O)[O-])nc1)C(C)(C)CCO2. The number of benzene rings is 1. The van der Waals surface area contributed by atoms with Crippen molar-refractivity contribution in [1.29, 1.82) is 0 Å². The van der Waals surface area contributed by atoms with Crippen LogP contribution in [-0.2, 0) is 16.6 Å². The van der Waals surface area contributed by atoms with E-state index in [0.29, 0.717) is 5.56 Å². The number of aromatic nitrogens is 2. The first-order chi connectivity index (χ1) is 11.8. The number of aryl methyl sites for hydroxylation is 1. The largest absolute Gasteiger partial charge is 0.550 e. The highest BCUT2D eigenvalue weighted by Crippen LogP contribution is 2.39. The highest BCUT2D eigenvalue weighted by atomic mass is 16.5. The summed E-state index contributed by atoms with van der Waals surface area (Å²) in [5.41, 5.74) is 3.87. The van der Waals surface area contributed by atoms with Gasteiger partial charge in [-0.2, -0.15) is 0 Å². The lowest BCUT2D eigenvalue weighted by molar-refractivity contribution is -0.304. The van der Waals surface area contributed by atoms with Gasteiger partial charge in [-0.15, -0.1) is 0 Å². The quantitative estimate of drug-likeness (QED) is 0.778. The van der Waals surface area contributed by atoms with Gasteiger partial charge in [-0.25, -0.2) is 9.97 Å². The van der Waals surface area contributed by atoms with Gasteiger partial charge in [0.1, 0.15) is 11.6 Å². The zero-order chi connectivity index (χ0) is 18.0. The third kappa shape index (κ3) is 3.80. The maximum absolute atomic E-state index is 10.5. The van der Waals surface area contributed by atoms with Gasteiger partial charge in [0.2, 0.25) is 0 Å². The molecule has 0 atom stereocenters. The van der Waals surface area contributed by atoms with Crippen molar-refractivity contribution in [2.45, 2.75) is 39.0 Å². The number of carboxylic acids is 1. The van der Waals surface area contributed by atoms with Crippen LogP contribution >= 0.6 is 0 Å². The van der Waals surface area contributed by atoms with E-state index in [1.807, 2.05) is 13.0 Å². The first-order valence-corrected chi connectivity index (χ1v) is 8.16. The van der Waals surface area contributed by atoms with Crippen molar-refractivity contribution in [2.75, 3.05) is 6.61 Å². The van der Waals surface area contributed by atoms with E-state index in [4.69, 9.17) is 4.74 Å². The van der Waals surface area contributed by atoms with Gasteiger partial charge in [-0.1, -0.05) is 25.7 Å². The van der Waals surface area contributed by atoms with Crippen molar-refractivity contribution in [3.8, 4) is 17.6 Å². The molecule has 1 aliphatic rings. The summed E-state index contributed by atoms with van der Waals surface area (Å²) in [6.07, 6.45) is 3.73. The fraction of sp³-hybridized carbons (Fsp3) is 0.350. The molecule has 0 bridgehead atoms. The number of hydrogen-bond acceptors (Lipinski definition) is 5. The summed E-state index contributed by atoms with van der Waals surface area (Å²) >= 11 is 0. The molecule has 1 aliphatic heterocycles. The van der Waals surface area contributed by atoms with Crippen LogP contribution in [0.4, 0.5) is 0 Å². The van der Waals surface area contributed by atoms with E-state index < -0.39 is 5.97 Å². The van der Waals surface area contributed by atoms with E-state index in [0.717, 1.165) is 29.9 Å². The van der Waals surface area contributed by atoms with E-state index in [9.17, 15) is 9.90 Å². The molecule has 1 aromatic carbocycles. The Balaban J connectivity index is 1.89. The predicted molar refractivity (Wildman–Crippen MR) is 91.0 cm³/mol. The fourth-order valence-electron chi connectivity index (χ4n) is 2.79. The molecule has 2 heterocycles. The van der Waals surface area contributed by atoms with Crippen molar-refractivity contribution < 1.29 is 14.6 Å². The Labute approximate surface area is 147 Å². The number of carboxylic acid groups (broad SMARTS) is 1. The number of hydrogen-bond donors (Lipinski definition) is 0. The predicted octanol–water partition coefficient (Wildman–Crippen LogP) is 1.54. The summed E-state index contributed by atoms with van der Waals surface area (Å²) in [6, 6.07) is 4.14. The molecule has 0 unspecified atom stereocenters. The van der Waals surface area contributed by atoms with E-state index in [2.05, 4.69) is 41.7 Å². The number of aliphatic carboxylic acids is 1. The maximum atomic E-state index is 10.5. The monoisotopic (exact) mass is 335 g/mol. The second kappa shape index (κ2) is 6.56. The Hall–Kier alpha value is -2.87. The molecule has 0 aliphatic carbocycles. The smallest absolute Gasteiger partial charge is 0.133 e. The number of ether oxygens (including phenoxy) is 1. The molecule has 1 aromatic heterocycles. The fourth-order valence-corrected chi connectivity index (χ4v) is 2.79. The molecule has 5 nitrogen and oxygen atoms in total. The van der Waals surface area contributed by atoms with Crippen LogP contribution in [0, 0.1) is 18.8 Å². The molecule has 0 N–H and O–H groups in total. The highest BCUT2D eigenvalue weighted by molar-refractivity contribution is 5.66. The normalized spacial score (nSPS) is 14.7. The Kier molecular flexibility index (Phi) is 4.45. The number of carbonyl (C=O) groups is 1. The lowest BCUT2D eigenvalue weighted by atomic mass is 9.78. The molecule has 0 saturated carbocycles. The standard InChI is InChI=1S/C20H20N2O3/c1-13-8-17-16(20(2,3)6-7-25-17)9-15(13)5-4-14-11-21-18(22-12-14)10-19(23)24/h8-9,11-12H,6-7,10H2,1-3H3,(H,23,24)/p-1. The van der Waals surface area contributed by atoms with Crippen molar-refractivity contribution in [2.24, 2.45) is 0 Å². The van der Waals surface area contributed by atoms with E-state index >= 15 is 0 Å². The van der Waals surface area contributed by atoms with Gasteiger partial charge >= 0.3 is 0 Å². The zero-order valence-corrected chi connectivity index (χ0v) is 14.5. The molecule has 2 aromatic rings. The van der Waals surface area contributed by atoms with Gasteiger partial charge in [0, 0.05) is 35.9 Å². The van der Waals surface area contributed by atoms with Crippen molar-refractivity contribution in [3.05, 3.63) is 52.6 Å². The van der Waals surface area contributed by atoms with Crippen LogP contribution in [0.2, 0.25) is 0 Å². The summed E-state index contributed by atoms with van der Waals surface area (Å²) in [4.78, 5) is 18.5. The van der Waals surface area contributed by atoms with Crippen molar-refractivity contribution >= 4 is 5.97 Å². The summed E-state index contributed by atoms with van der Waals surface area (Å²) in [5.74, 6) is 6.16. The minimum atomic E-state index is -1.20. The Bertz CT molecular complexity index is 874. The second-order valence-electron chi connectivity index (χ2n) is 6.83. The Morgan fingerprint density at radius 2 is 2.00 bits per heavy atom. The topological polar surface area (TPSA) is 75.1 Å². The average molecular weight is 335 g/mol. The van der Waals surface area contributed by atoms with E-state index in [-0.39, 0.29) is 17.7 Å². The number of fused-ring (bicyclic) bond motifs is 1. The first-order valence-electron chi connectivity index (χ1n) is 8.16. The molecule has 0 radical (unpaired) electrons. The Morgan fingerprint density at radius 3 is 2.68 bits per heavy atom. The number of rotatable bonds is 2. The van der Waals surface area contributed by atoms with Crippen LogP contribution in [0.3, 0.4) is 0 Å². The Morgan fingerprint density at radius 1 is 1.28 bits per heavy atom. The molecule has 0 saturated heterocycles. The summed E-state index contributed by atoms with van der Waals surface area (Å²) < 4.78 is 5.78. The molecule has 3 rings (SSSR count).